The highest BCUT2D eigenvalue weighted by Crippen LogP contribution is 2.28. The second kappa shape index (κ2) is 5.71. The highest BCUT2D eigenvalue weighted by Gasteiger charge is 2.08. The summed E-state index contributed by atoms with van der Waals surface area (Å²) in [4.78, 5) is 0. The molecule has 1 aromatic heterocycles. The Morgan fingerprint density at radius 1 is 1.35 bits per heavy atom. The number of rotatable bonds is 4. The highest BCUT2D eigenvalue weighted by molar-refractivity contribution is 9.10. The number of aryl methyl sites for hydroxylation is 1. The van der Waals surface area contributed by atoms with Crippen molar-refractivity contribution in [3.63, 3.8) is 0 Å². The van der Waals surface area contributed by atoms with Gasteiger partial charge in [-0.15, -0.1) is 10.2 Å². The summed E-state index contributed by atoms with van der Waals surface area (Å²) in [5, 5.41) is 13.7. The maximum atomic E-state index is 4.26. The number of aromatic nitrogens is 2. The van der Waals surface area contributed by atoms with Crippen LogP contribution in [0.15, 0.2) is 22.7 Å². The molecular formula is C12H14BrN3S. The predicted octanol–water partition coefficient (Wildman–Crippen LogP) is 3.04. The molecule has 1 aromatic carbocycles. The third kappa shape index (κ3) is 3.12. The third-order valence-corrected chi connectivity index (χ3v) is 3.98. The van der Waals surface area contributed by atoms with Gasteiger partial charge >= 0.3 is 0 Å². The summed E-state index contributed by atoms with van der Waals surface area (Å²) in [7, 11) is 1.95. The summed E-state index contributed by atoms with van der Waals surface area (Å²) in [5.41, 5.74) is 2.39. The quantitative estimate of drug-likeness (QED) is 0.943. The monoisotopic (exact) mass is 311 g/mol. The maximum absolute atomic E-state index is 4.26. The first-order chi connectivity index (χ1) is 8.20. The van der Waals surface area contributed by atoms with E-state index in [0.717, 1.165) is 27.5 Å². The number of nitrogens with one attached hydrogen (secondary N) is 1. The van der Waals surface area contributed by atoms with E-state index in [2.05, 4.69) is 50.5 Å². The molecule has 2 aromatic rings. The zero-order chi connectivity index (χ0) is 12.3. The lowest BCUT2D eigenvalue weighted by Crippen LogP contribution is -2.09. The average Bonchev–Trinajstić information content (AvgIpc) is 2.75. The molecule has 0 unspecified atom stereocenters. The van der Waals surface area contributed by atoms with Crippen molar-refractivity contribution in [2.75, 3.05) is 13.6 Å². The fourth-order valence-corrected chi connectivity index (χ4v) is 2.97. The van der Waals surface area contributed by atoms with E-state index in [-0.39, 0.29) is 0 Å². The summed E-state index contributed by atoms with van der Waals surface area (Å²) >= 11 is 5.14. The molecule has 3 nitrogen and oxygen atoms in total. The van der Waals surface area contributed by atoms with E-state index in [1.165, 1.54) is 11.1 Å². The van der Waals surface area contributed by atoms with Crippen LogP contribution in [0.2, 0.25) is 0 Å². The van der Waals surface area contributed by atoms with Crippen molar-refractivity contribution in [2.45, 2.75) is 13.3 Å². The van der Waals surface area contributed by atoms with Crippen molar-refractivity contribution in [1.29, 1.82) is 0 Å². The van der Waals surface area contributed by atoms with Gasteiger partial charge < -0.3 is 5.32 Å². The molecule has 0 radical (unpaired) electrons. The second-order valence-corrected chi connectivity index (χ2v) is 5.79. The molecule has 0 saturated carbocycles. The predicted molar refractivity (Wildman–Crippen MR) is 75.4 cm³/mol. The van der Waals surface area contributed by atoms with Crippen LogP contribution in [0.5, 0.6) is 0 Å². The van der Waals surface area contributed by atoms with Crippen LogP contribution < -0.4 is 5.32 Å². The lowest BCUT2D eigenvalue weighted by atomic mass is 10.1. The molecule has 0 spiro atoms. The van der Waals surface area contributed by atoms with E-state index in [9.17, 15) is 0 Å². The first kappa shape index (κ1) is 12.7. The number of hydrogen-bond donors (Lipinski definition) is 1. The molecule has 0 fully saturated rings. The Bertz CT molecular complexity index is 510. The number of halogens is 1. The Labute approximate surface area is 113 Å². The van der Waals surface area contributed by atoms with Crippen LogP contribution in [0, 0.1) is 6.92 Å². The van der Waals surface area contributed by atoms with Gasteiger partial charge in [0.15, 0.2) is 0 Å². The van der Waals surface area contributed by atoms with Crippen molar-refractivity contribution < 1.29 is 0 Å². The molecule has 17 heavy (non-hydrogen) atoms. The smallest absolute Gasteiger partial charge is 0.148 e. The van der Waals surface area contributed by atoms with E-state index in [4.69, 9.17) is 0 Å². The summed E-state index contributed by atoms with van der Waals surface area (Å²) in [5.74, 6) is 0. The van der Waals surface area contributed by atoms with Crippen LogP contribution in [0.4, 0.5) is 0 Å². The number of hydrogen-bond acceptors (Lipinski definition) is 4. The van der Waals surface area contributed by atoms with Gasteiger partial charge in [0.2, 0.25) is 0 Å². The molecule has 1 N–H and O–H groups in total. The number of nitrogens with zero attached hydrogens (tertiary/aromatic N) is 2. The molecule has 1 heterocycles. The van der Waals surface area contributed by atoms with Crippen LogP contribution >= 0.6 is 27.3 Å². The Hall–Kier alpha value is -0.780. The minimum atomic E-state index is 0.934. The first-order valence-corrected chi connectivity index (χ1v) is 7.05. The van der Waals surface area contributed by atoms with Gasteiger partial charge in [-0.3, -0.25) is 0 Å². The second-order valence-electron chi connectivity index (χ2n) is 3.81. The molecule has 90 valence electrons. The third-order valence-electron chi connectivity index (χ3n) is 2.47. The first-order valence-electron chi connectivity index (χ1n) is 5.44. The van der Waals surface area contributed by atoms with Crippen molar-refractivity contribution in [3.8, 4) is 10.6 Å². The van der Waals surface area contributed by atoms with Crippen LogP contribution in [-0.4, -0.2) is 23.8 Å². The van der Waals surface area contributed by atoms with Gasteiger partial charge in [0.25, 0.3) is 0 Å². The largest absolute Gasteiger partial charge is 0.319 e. The molecule has 0 aliphatic heterocycles. The Morgan fingerprint density at radius 3 is 2.88 bits per heavy atom. The Balaban J connectivity index is 2.24. The van der Waals surface area contributed by atoms with Crippen LogP contribution in [0.25, 0.3) is 10.6 Å². The maximum Gasteiger partial charge on any atom is 0.148 e. The van der Waals surface area contributed by atoms with Gasteiger partial charge in [-0.25, -0.2) is 0 Å². The molecule has 2 rings (SSSR count). The molecule has 0 saturated heterocycles. The number of benzene rings is 1. The topological polar surface area (TPSA) is 37.8 Å². The van der Waals surface area contributed by atoms with Crippen molar-refractivity contribution in [2.24, 2.45) is 0 Å². The molecule has 0 amide bonds. The molecule has 0 aliphatic rings. The molecule has 0 aliphatic carbocycles. The van der Waals surface area contributed by atoms with Gasteiger partial charge in [-0.2, -0.15) is 0 Å². The molecule has 5 heteroatoms. The lowest BCUT2D eigenvalue weighted by molar-refractivity contribution is 0.779. The van der Waals surface area contributed by atoms with E-state index >= 15 is 0 Å². The molecule has 0 atom stereocenters. The van der Waals surface area contributed by atoms with Gasteiger partial charge in [0.05, 0.1) is 0 Å². The van der Waals surface area contributed by atoms with Gasteiger partial charge in [0, 0.05) is 23.0 Å². The standard InChI is InChI=1S/C12H14BrN3S/c1-8-7-9(13)3-4-10(8)12-16-15-11(17-12)5-6-14-2/h3-4,7,14H,5-6H2,1-2H3. The summed E-state index contributed by atoms with van der Waals surface area (Å²) in [6.07, 6.45) is 0.934. The van der Waals surface area contributed by atoms with E-state index in [1.54, 1.807) is 11.3 Å². The van der Waals surface area contributed by atoms with Crippen LogP contribution in [0.1, 0.15) is 10.6 Å². The van der Waals surface area contributed by atoms with E-state index in [0.29, 0.717) is 0 Å². The normalized spacial score (nSPS) is 10.8. The molecule has 0 bridgehead atoms. The number of likely N-dealkylation sites (N-methyl/N-ethyl adjacent to an activating group) is 1. The van der Waals surface area contributed by atoms with Crippen molar-refractivity contribution in [1.82, 2.24) is 15.5 Å². The van der Waals surface area contributed by atoms with Gasteiger partial charge in [0.1, 0.15) is 10.0 Å². The zero-order valence-electron chi connectivity index (χ0n) is 9.83. The van der Waals surface area contributed by atoms with Gasteiger partial charge in [-0.05, 0) is 31.7 Å². The highest BCUT2D eigenvalue weighted by atomic mass is 79.9. The van der Waals surface area contributed by atoms with E-state index < -0.39 is 0 Å². The molecular weight excluding hydrogens is 298 g/mol. The van der Waals surface area contributed by atoms with Crippen LogP contribution in [-0.2, 0) is 6.42 Å². The fraction of sp³-hybridized carbons (Fsp3) is 0.333. The summed E-state index contributed by atoms with van der Waals surface area (Å²) in [6.45, 7) is 3.03. The fourth-order valence-electron chi connectivity index (χ4n) is 1.56. The zero-order valence-corrected chi connectivity index (χ0v) is 12.2. The van der Waals surface area contributed by atoms with Gasteiger partial charge in [-0.1, -0.05) is 33.3 Å². The SMILES string of the molecule is CNCCc1nnc(-c2ccc(Br)cc2C)s1. The van der Waals surface area contributed by atoms with Crippen molar-refractivity contribution in [3.05, 3.63) is 33.2 Å². The lowest BCUT2D eigenvalue weighted by Gasteiger charge is -2.01. The van der Waals surface area contributed by atoms with E-state index in [1.807, 2.05) is 13.1 Å². The minimum absolute atomic E-state index is 0.934. The van der Waals surface area contributed by atoms with Crippen LogP contribution in [0.3, 0.4) is 0 Å². The summed E-state index contributed by atoms with van der Waals surface area (Å²) in [6, 6.07) is 6.22. The summed E-state index contributed by atoms with van der Waals surface area (Å²) < 4.78 is 1.10. The Kier molecular flexibility index (Phi) is 4.25. The average molecular weight is 312 g/mol. The Morgan fingerprint density at radius 2 is 2.18 bits per heavy atom. The van der Waals surface area contributed by atoms with Crippen molar-refractivity contribution >= 4 is 27.3 Å². The minimum Gasteiger partial charge on any atom is -0.319 e.